The molecule has 1 aliphatic rings. The van der Waals surface area contributed by atoms with Gasteiger partial charge in [0.2, 0.25) is 5.91 Å². The number of rotatable bonds is 8. The summed E-state index contributed by atoms with van der Waals surface area (Å²) in [5, 5.41) is 6.30. The maximum atomic E-state index is 11.3. The fraction of sp³-hybridized carbons (Fsp3) is 0.750. The van der Waals surface area contributed by atoms with Crippen molar-refractivity contribution in [3.05, 3.63) is 12.7 Å². The maximum absolute atomic E-state index is 11.3. The Morgan fingerprint density at radius 1 is 1.53 bits per heavy atom. The summed E-state index contributed by atoms with van der Waals surface area (Å²) in [6, 6.07) is 0.501. The van der Waals surface area contributed by atoms with Gasteiger partial charge in [-0.2, -0.15) is 0 Å². The lowest BCUT2D eigenvalue weighted by atomic mass is 10.2. The van der Waals surface area contributed by atoms with Crippen molar-refractivity contribution in [3.63, 3.8) is 0 Å². The van der Waals surface area contributed by atoms with Crippen LogP contribution in [0, 0.1) is 5.92 Å². The van der Waals surface area contributed by atoms with E-state index in [0.29, 0.717) is 12.0 Å². The summed E-state index contributed by atoms with van der Waals surface area (Å²) in [6.45, 7) is 7.45. The van der Waals surface area contributed by atoms with Crippen LogP contribution < -0.4 is 10.6 Å². The van der Waals surface area contributed by atoms with Crippen LogP contribution in [0.5, 0.6) is 0 Å². The van der Waals surface area contributed by atoms with Gasteiger partial charge in [0.15, 0.2) is 0 Å². The number of nitrogens with one attached hydrogen (secondary N) is 2. The molecule has 15 heavy (non-hydrogen) atoms. The SMILES string of the molecule is C=CCC[C@H](C)NCCNC(=O)C1CC1. The van der Waals surface area contributed by atoms with Crippen LogP contribution in [-0.2, 0) is 4.79 Å². The van der Waals surface area contributed by atoms with E-state index in [1.807, 2.05) is 6.08 Å². The lowest BCUT2D eigenvalue weighted by molar-refractivity contribution is -0.122. The molecule has 1 saturated carbocycles. The first-order valence-electron chi connectivity index (χ1n) is 5.86. The zero-order chi connectivity index (χ0) is 11.1. The van der Waals surface area contributed by atoms with E-state index in [1.165, 1.54) is 0 Å². The summed E-state index contributed by atoms with van der Waals surface area (Å²) in [7, 11) is 0. The Hall–Kier alpha value is -0.830. The zero-order valence-electron chi connectivity index (χ0n) is 9.59. The average Bonchev–Trinajstić information content (AvgIpc) is 3.04. The monoisotopic (exact) mass is 210 g/mol. The minimum absolute atomic E-state index is 0.232. The van der Waals surface area contributed by atoms with Gasteiger partial charge in [-0.3, -0.25) is 4.79 Å². The van der Waals surface area contributed by atoms with Gasteiger partial charge in [-0.1, -0.05) is 6.08 Å². The van der Waals surface area contributed by atoms with E-state index in [2.05, 4.69) is 24.1 Å². The summed E-state index contributed by atoms with van der Waals surface area (Å²) < 4.78 is 0. The second kappa shape index (κ2) is 6.62. The van der Waals surface area contributed by atoms with Crippen LogP contribution in [0.15, 0.2) is 12.7 Å². The quantitative estimate of drug-likeness (QED) is 0.470. The first kappa shape index (κ1) is 12.2. The normalized spacial score (nSPS) is 17.1. The molecule has 1 fully saturated rings. The first-order valence-corrected chi connectivity index (χ1v) is 5.86. The molecule has 0 radical (unpaired) electrons. The highest BCUT2D eigenvalue weighted by molar-refractivity contribution is 5.80. The molecule has 0 unspecified atom stereocenters. The molecule has 2 N–H and O–H groups in total. The molecule has 0 spiro atoms. The lowest BCUT2D eigenvalue weighted by Crippen LogP contribution is -2.36. The Balaban J connectivity index is 1.91. The highest BCUT2D eigenvalue weighted by Crippen LogP contribution is 2.28. The Labute approximate surface area is 92.3 Å². The van der Waals surface area contributed by atoms with Gasteiger partial charge >= 0.3 is 0 Å². The lowest BCUT2D eigenvalue weighted by Gasteiger charge is -2.12. The summed E-state index contributed by atoms with van der Waals surface area (Å²) in [4.78, 5) is 11.3. The van der Waals surface area contributed by atoms with Gasteiger partial charge < -0.3 is 10.6 Å². The third-order valence-corrected chi connectivity index (χ3v) is 2.67. The number of hydrogen-bond acceptors (Lipinski definition) is 2. The Morgan fingerprint density at radius 3 is 2.87 bits per heavy atom. The predicted octanol–water partition coefficient (Wildman–Crippen LogP) is 1.46. The highest BCUT2D eigenvalue weighted by atomic mass is 16.2. The number of carbonyl (C=O) groups is 1. The van der Waals surface area contributed by atoms with Gasteiger partial charge in [0.25, 0.3) is 0 Å². The highest BCUT2D eigenvalue weighted by Gasteiger charge is 2.28. The van der Waals surface area contributed by atoms with Crippen molar-refractivity contribution in [1.29, 1.82) is 0 Å². The van der Waals surface area contributed by atoms with E-state index in [9.17, 15) is 4.79 Å². The van der Waals surface area contributed by atoms with E-state index >= 15 is 0 Å². The predicted molar refractivity (Wildman–Crippen MR) is 62.6 cm³/mol. The molecular weight excluding hydrogens is 188 g/mol. The fourth-order valence-electron chi connectivity index (χ4n) is 1.46. The van der Waals surface area contributed by atoms with Crippen LogP contribution in [0.4, 0.5) is 0 Å². The van der Waals surface area contributed by atoms with Crippen LogP contribution in [0.1, 0.15) is 32.6 Å². The Morgan fingerprint density at radius 2 is 2.27 bits per heavy atom. The van der Waals surface area contributed by atoms with E-state index in [1.54, 1.807) is 0 Å². The minimum atomic E-state index is 0.232. The molecule has 0 aromatic rings. The molecule has 0 aromatic heterocycles. The largest absolute Gasteiger partial charge is 0.355 e. The summed E-state index contributed by atoms with van der Waals surface area (Å²) in [5.41, 5.74) is 0. The second-order valence-corrected chi connectivity index (χ2v) is 4.29. The van der Waals surface area contributed by atoms with Gasteiger partial charge in [-0.05, 0) is 32.6 Å². The van der Waals surface area contributed by atoms with Crippen LogP contribution in [0.25, 0.3) is 0 Å². The van der Waals surface area contributed by atoms with Crippen LogP contribution in [0.3, 0.4) is 0 Å². The first-order chi connectivity index (χ1) is 7.24. The Bertz CT molecular complexity index is 212. The van der Waals surface area contributed by atoms with Crippen molar-refractivity contribution in [2.24, 2.45) is 5.92 Å². The third-order valence-electron chi connectivity index (χ3n) is 2.67. The van der Waals surface area contributed by atoms with Crippen LogP contribution >= 0.6 is 0 Å². The number of allylic oxidation sites excluding steroid dienone is 1. The summed E-state index contributed by atoms with van der Waals surface area (Å²) in [5.74, 6) is 0.554. The number of amides is 1. The fourth-order valence-corrected chi connectivity index (χ4v) is 1.46. The van der Waals surface area contributed by atoms with Crippen molar-refractivity contribution < 1.29 is 4.79 Å². The molecule has 1 atom stereocenters. The van der Waals surface area contributed by atoms with Gasteiger partial charge in [-0.15, -0.1) is 6.58 Å². The second-order valence-electron chi connectivity index (χ2n) is 4.29. The number of carbonyl (C=O) groups excluding carboxylic acids is 1. The van der Waals surface area contributed by atoms with Crippen molar-refractivity contribution in [3.8, 4) is 0 Å². The molecule has 1 rings (SSSR count). The van der Waals surface area contributed by atoms with Gasteiger partial charge in [0.1, 0.15) is 0 Å². The van der Waals surface area contributed by atoms with Crippen LogP contribution in [0.2, 0.25) is 0 Å². The number of hydrogen-bond donors (Lipinski definition) is 2. The summed E-state index contributed by atoms with van der Waals surface area (Å²) >= 11 is 0. The summed E-state index contributed by atoms with van der Waals surface area (Å²) in [6.07, 6.45) is 6.25. The smallest absolute Gasteiger partial charge is 0.223 e. The molecule has 0 bridgehead atoms. The molecule has 3 nitrogen and oxygen atoms in total. The zero-order valence-corrected chi connectivity index (χ0v) is 9.59. The van der Waals surface area contributed by atoms with E-state index in [0.717, 1.165) is 38.8 Å². The molecule has 1 aliphatic carbocycles. The molecule has 0 aliphatic heterocycles. The van der Waals surface area contributed by atoms with Crippen molar-refractivity contribution >= 4 is 5.91 Å². The maximum Gasteiger partial charge on any atom is 0.223 e. The average molecular weight is 210 g/mol. The van der Waals surface area contributed by atoms with E-state index < -0.39 is 0 Å². The molecule has 0 saturated heterocycles. The standard InChI is InChI=1S/C12H22N2O/c1-3-4-5-10(2)13-8-9-14-12(15)11-6-7-11/h3,10-11,13H,1,4-9H2,2H3,(H,14,15)/t10-/m0/s1. The molecule has 86 valence electrons. The Kier molecular flexibility index (Phi) is 5.40. The van der Waals surface area contributed by atoms with Crippen molar-refractivity contribution in [1.82, 2.24) is 10.6 Å². The van der Waals surface area contributed by atoms with Crippen molar-refractivity contribution in [2.45, 2.75) is 38.6 Å². The topological polar surface area (TPSA) is 41.1 Å². The van der Waals surface area contributed by atoms with Gasteiger partial charge in [-0.25, -0.2) is 0 Å². The molecule has 0 aromatic carbocycles. The van der Waals surface area contributed by atoms with Crippen molar-refractivity contribution in [2.75, 3.05) is 13.1 Å². The van der Waals surface area contributed by atoms with E-state index in [4.69, 9.17) is 0 Å². The molecular formula is C12H22N2O. The van der Waals surface area contributed by atoms with E-state index in [-0.39, 0.29) is 5.91 Å². The molecule has 3 heteroatoms. The minimum Gasteiger partial charge on any atom is -0.355 e. The van der Waals surface area contributed by atoms with Gasteiger partial charge in [0.05, 0.1) is 0 Å². The third kappa shape index (κ3) is 5.57. The molecule has 1 amide bonds. The molecule has 0 heterocycles. The van der Waals surface area contributed by atoms with Crippen LogP contribution in [-0.4, -0.2) is 25.0 Å². The van der Waals surface area contributed by atoms with Gasteiger partial charge in [0, 0.05) is 25.0 Å².